The first-order valence-electron chi connectivity index (χ1n) is 5.73. The zero-order valence-corrected chi connectivity index (χ0v) is 11.0. The van der Waals surface area contributed by atoms with Gasteiger partial charge in [-0.2, -0.15) is 0 Å². The van der Waals surface area contributed by atoms with Gasteiger partial charge in [-0.15, -0.1) is 0 Å². The summed E-state index contributed by atoms with van der Waals surface area (Å²) in [5.74, 6) is 0. The molecule has 3 nitrogen and oxygen atoms in total. The second-order valence-corrected chi connectivity index (χ2v) is 4.36. The van der Waals surface area contributed by atoms with Crippen LogP contribution >= 0.6 is 12.2 Å². The number of rotatable bonds is 3. The molecule has 1 aromatic heterocycles. The molecule has 0 aliphatic carbocycles. The summed E-state index contributed by atoms with van der Waals surface area (Å²) in [5, 5.41) is 3.88. The number of nitrogens with one attached hydrogen (secondary N) is 1. The number of para-hydroxylation sites is 1. The lowest BCUT2D eigenvalue weighted by Gasteiger charge is -2.20. The third-order valence-corrected chi connectivity index (χ3v) is 2.91. The monoisotopic (exact) mass is 257 g/mol. The molecule has 0 amide bonds. The van der Waals surface area contributed by atoms with Gasteiger partial charge in [-0.3, -0.25) is 4.98 Å². The van der Waals surface area contributed by atoms with Crippen LogP contribution in [0.2, 0.25) is 0 Å². The number of pyridine rings is 1. The van der Waals surface area contributed by atoms with E-state index in [0.717, 1.165) is 11.4 Å². The number of benzene rings is 1. The quantitative estimate of drug-likeness (QED) is 0.856. The van der Waals surface area contributed by atoms with Gasteiger partial charge in [0.15, 0.2) is 5.11 Å². The minimum atomic E-state index is 0.687. The van der Waals surface area contributed by atoms with E-state index in [2.05, 4.69) is 10.3 Å². The Morgan fingerprint density at radius 1 is 1.17 bits per heavy atom. The van der Waals surface area contributed by atoms with Crippen molar-refractivity contribution in [1.29, 1.82) is 0 Å². The summed E-state index contributed by atoms with van der Waals surface area (Å²) in [5.41, 5.74) is 1.99. The Labute approximate surface area is 112 Å². The first kappa shape index (κ1) is 12.5. The van der Waals surface area contributed by atoms with Crippen LogP contribution in [0, 0.1) is 0 Å². The minimum absolute atomic E-state index is 0.687. The maximum atomic E-state index is 5.34. The van der Waals surface area contributed by atoms with Crippen LogP contribution in [-0.4, -0.2) is 22.0 Å². The van der Waals surface area contributed by atoms with Crippen molar-refractivity contribution in [3.05, 3.63) is 60.4 Å². The van der Waals surface area contributed by atoms with Crippen LogP contribution in [0.3, 0.4) is 0 Å². The molecule has 0 atom stereocenters. The molecule has 0 fully saturated rings. The molecule has 1 heterocycles. The molecule has 92 valence electrons. The maximum Gasteiger partial charge on any atom is 0.173 e. The van der Waals surface area contributed by atoms with Crippen molar-refractivity contribution in [3.8, 4) is 0 Å². The molecule has 2 aromatic rings. The van der Waals surface area contributed by atoms with E-state index in [1.807, 2.05) is 60.5 Å². The fourth-order valence-electron chi connectivity index (χ4n) is 1.55. The summed E-state index contributed by atoms with van der Waals surface area (Å²) in [6.07, 6.45) is 1.79. The van der Waals surface area contributed by atoms with Crippen LogP contribution in [0.15, 0.2) is 54.7 Å². The van der Waals surface area contributed by atoms with Crippen molar-refractivity contribution in [2.75, 3.05) is 12.4 Å². The molecule has 0 spiro atoms. The maximum absolute atomic E-state index is 5.34. The number of anilines is 1. The van der Waals surface area contributed by atoms with Crippen LogP contribution in [0.25, 0.3) is 0 Å². The molecule has 4 heteroatoms. The number of hydrogen-bond acceptors (Lipinski definition) is 2. The van der Waals surface area contributed by atoms with Crippen LogP contribution in [0.1, 0.15) is 5.69 Å². The van der Waals surface area contributed by atoms with Crippen molar-refractivity contribution in [1.82, 2.24) is 9.88 Å². The summed E-state index contributed by atoms with van der Waals surface area (Å²) >= 11 is 5.34. The largest absolute Gasteiger partial charge is 0.346 e. The fraction of sp³-hybridized carbons (Fsp3) is 0.143. The van der Waals surface area contributed by atoms with Gasteiger partial charge >= 0.3 is 0 Å². The normalized spacial score (nSPS) is 9.83. The van der Waals surface area contributed by atoms with Crippen LogP contribution in [-0.2, 0) is 6.54 Å². The van der Waals surface area contributed by atoms with Crippen molar-refractivity contribution < 1.29 is 0 Å². The Morgan fingerprint density at radius 2 is 1.89 bits per heavy atom. The topological polar surface area (TPSA) is 28.2 Å². The molecule has 18 heavy (non-hydrogen) atoms. The first-order chi connectivity index (χ1) is 8.75. The Morgan fingerprint density at radius 3 is 2.56 bits per heavy atom. The Balaban J connectivity index is 1.93. The molecule has 1 N–H and O–H groups in total. The number of thiocarbonyl (C=S) groups is 1. The number of hydrogen-bond donors (Lipinski definition) is 1. The lowest BCUT2D eigenvalue weighted by Crippen LogP contribution is -2.30. The smallest absolute Gasteiger partial charge is 0.173 e. The van der Waals surface area contributed by atoms with Crippen LogP contribution < -0.4 is 5.32 Å². The molecular weight excluding hydrogens is 242 g/mol. The van der Waals surface area contributed by atoms with E-state index in [1.54, 1.807) is 6.20 Å². The van der Waals surface area contributed by atoms with Gasteiger partial charge in [0.05, 0.1) is 12.2 Å². The molecular formula is C14H15N3S. The highest BCUT2D eigenvalue weighted by atomic mass is 32.1. The van der Waals surface area contributed by atoms with Gasteiger partial charge in [0, 0.05) is 18.9 Å². The van der Waals surface area contributed by atoms with Crippen molar-refractivity contribution in [3.63, 3.8) is 0 Å². The van der Waals surface area contributed by atoms with Crippen LogP contribution in [0.4, 0.5) is 5.69 Å². The predicted molar refractivity (Wildman–Crippen MR) is 78.4 cm³/mol. The Hall–Kier alpha value is -1.94. The van der Waals surface area contributed by atoms with Gasteiger partial charge in [-0.05, 0) is 36.5 Å². The number of nitrogens with zero attached hydrogens (tertiary/aromatic N) is 2. The second kappa shape index (κ2) is 6.12. The Kier molecular flexibility index (Phi) is 4.25. The molecule has 0 aliphatic rings. The van der Waals surface area contributed by atoms with Crippen LogP contribution in [0.5, 0.6) is 0 Å². The molecule has 0 unspecified atom stereocenters. The van der Waals surface area contributed by atoms with Crippen molar-refractivity contribution in [2.45, 2.75) is 6.54 Å². The van der Waals surface area contributed by atoms with Gasteiger partial charge in [0.2, 0.25) is 0 Å². The third kappa shape index (κ3) is 3.53. The highest BCUT2D eigenvalue weighted by Crippen LogP contribution is 2.07. The molecule has 0 radical (unpaired) electrons. The van der Waals surface area contributed by atoms with Gasteiger partial charge in [0.1, 0.15) is 0 Å². The first-order valence-corrected chi connectivity index (χ1v) is 6.13. The third-order valence-electron chi connectivity index (χ3n) is 2.50. The minimum Gasteiger partial charge on any atom is -0.346 e. The highest BCUT2D eigenvalue weighted by Gasteiger charge is 2.05. The van der Waals surface area contributed by atoms with Gasteiger partial charge in [-0.1, -0.05) is 24.3 Å². The van der Waals surface area contributed by atoms with E-state index in [-0.39, 0.29) is 0 Å². The average Bonchev–Trinajstić information content (AvgIpc) is 2.41. The Bertz CT molecular complexity index is 499. The van der Waals surface area contributed by atoms with Crippen molar-refractivity contribution in [2.24, 2.45) is 0 Å². The predicted octanol–water partition coefficient (Wildman–Crippen LogP) is 2.91. The molecule has 0 bridgehead atoms. The summed E-state index contributed by atoms with van der Waals surface area (Å²) in [4.78, 5) is 6.24. The molecule has 0 aliphatic heterocycles. The van der Waals surface area contributed by atoms with E-state index >= 15 is 0 Å². The molecule has 0 saturated carbocycles. The standard InChI is InChI=1S/C14H15N3S/c1-17(11-13-9-5-6-10-15-13)14(18)16-12-7-3-2-4-8-12/h2-10H,11H2,1H3,(H,16,18). The summed E-state index contributed by atoms with van der Waals surface area (Å²) < 4.78 is 0. The highest BCUT2D eigenvalue weighted by molar-refractivity contribution is 7.80. The fourth-order valence-corrected chi connectivity index (χ4v) is 1.73. The van der Waals surface area contributed by atoms with E-state index in [4.69, 9.17) is 12.2 Å². The zero-order valence-electron chi connectivity index (χ0n) is 10.2. The average molecular weight is 257 g/mol. The van der Waals surface area contributed by atoms with Gasteiger partial charge in [-0.25, -0.2) is 0 Å². The summed E-state index contributed by atoms with van der Waals surface area (Å²) in [6.45, 7) is 0.694. The van der Waals surface area contributed by atoms with E-state index in [0.29, 0.717) is 11.7 Å². The second-order valence-electron chi connectivity index (χ2n) is 3.97. The van der Waals surface area contributed by atoms with E-state index in [1.165, 1.54) is 0 Å². The molecule has 2 rings (SSSR count). The summed E-state index contributed by atoms with van der Waals surface area (Å²) in [6, 6.07) is 15.8. The van der Waals surface area contributed by atoms with Crippen molar-refractivity contribution >= 4 is 23.0 Å². The SMILES string of the molecule is CN(Cc1ccccn1)C(=S)Nc1ccccc1. The molecule has 0 saturated heterocycles. The summed E-state index contributed by atoms with van der Waals surface area (Å²) in [7, 11) is 1.95. The van der Waals surface area contributed by atoms with E-state index < -0.39 is 0 Å². The lowest BCUT2D eigenvalue weighted by molar-refractivity contribution is 0.500. The van der Waals surface area contributed by atoms with Gasteiger partial charge < -0.3 is 10.2 Å². The van der Waals surface area contributed by atoms with E-state index in [9.17, 15) is 0 Å². The lowest BCUT2D eigenvalue weighted by atomic mass is 10.3. The number of aromatic nitrogens is 1. The zero-order chi connectivity index (χ0) is 12.8. The molecule has 1 aromatic carbocycles. The van der Waals surface area contributed by atoms with Gasteiger partial charge in [0.25, 0.3) is 0 Å².